The van der Waals surface area contributed by atoms with Gasteiger partial charge in [0, 0.05) is 19.1 Å². The van der Waals surface area contributed by atoms with Crippen molar-refractivity contribution >= 4 is 18.3 Å². The number of nitrogens with one attached hydrogen (secondary N) is 2. The third kappa shape index (κ3) is 5.50. The Morgan fingerprint density at radius 1 is 1.15 bits per heavy atom. The molecule has 1 aromatic carbocycles. The van der Waals surface area contributed by atoms with Crippen LogP contribution in [0.3, 0.4) is 0 Å². The van der Waals surface area contributed by atoms with Crippen molar-refractivity contribution < 1.29 is 19.0 Å². The molecule has 0 radical (unpaired) electrons. The average molecular weight is 401 g/mol. The second-order valence-corrected chi connectivity index (χ2v) is 7.60. The molecule has 1 fully saturated rings. The number of hydrogen-bond donors (Lipinski definition) is 2. The Hall–Kier alpha value is -1.50. The van der Waals surface area contributed by atoms with E-state index in [1.165, 1.54) is 0 Å². The third-order valence-corrected chi connectivity index (χ3v) is 5.32. The minimum Gasteiger partial charge on any atom is -0.493 e. The van der Waals surface area contributed by atoms with Crippen LogP contribution in [0.25, 0.3) is 0 Å². The maximum atomic E-state index is 12.9. The average Bonchev–Trinajstić information content (AvgIpc) is 2.66. The van der Waals surface area contributed by atoms with E-state index in [9.17, 15) is 4.79 Å². The van der Waals surface area contributed by atoms with Crippen molar-refractivity contribution in [3.05, 3.63) is 23.8 Å². The van der Waals surface area contributed by atoms with Gasteiger partial charge in [-0.1, -0.05) is 19.9 Å². The zero-order valence-electron chi connectivity index (χ0n) is 17.0. The SMILES string of the molecule is COCC1(C(=O)NCC(C)(C)c2ccc(OC)c(OC)c2)CCNCC1.Cl. The molecule has 1 aromatic rings. The van der Waals surface area contributed by atoms with Crippen LogP contribution in [0.4, 0.5) is 0 Å². The normalized spacial score (nSPS) is 16.2. The lowest BCUT2D eigenvalue weighted by molar-refractivity contribution is -0.136. The highest BCUT2D eigenvalue weighted by Crippen LogP contribution is 2.34. The fourth-order valence-corrected chi connectivity index (χ4v) is 3.47. The lowest BCUT2D eigenvalue weighted by Gasteiger charge is -2.37. The van der Waals surface area contributed by atoms with Gasteiger partial charge in [-0.3, -0.25) is 4.79 Å². The van der Waals surface area contributed by atoms with Crippen molar-refractivity contribution in [3.8, 4) is 11.5 Å². The van der Waals surface area contributed by atoms with Crippen molar-refractivity contribution in [1.82, 2.24) is 10.6 Å². The molecular weight excluding hydrogens is 368 g/mol. The number of methoxy groups -OCH3 is 3. The summed E-state index contributed by atoms with van der Waals surface area (Å²) in [6, 6.07) is 5.89. The van der Waals surface area contributed by atoms with Gasteiger partial charge in [0.25, 0.3) is 0 Å². The molecule has 1 aliphatic heterocycles. The summed E-state index contributed by atoms with van der Waals surface area (Å²) in [4.78, 5) is 12.9. The van der Waals surface area contributed by atoms with Crippen molar-refractivity contribution in [3.63, 3.8) is 0 Å². The maximum absolute atomic E-state index is 12.9. The summed E-state index contributed by atoms with van der Waals surface area (Å²) in [5.41, 5.74) is 0.408. The minimum atomic E-state index is -0.437. The zero-order valence-corrected chi connectivity index (χ0v) is 17.8. The molecule has 2 rings (SSSR count). The van der Waals surface area contributed by atoms with Gasteiger partial charge in [0.2, 0.25) is 5.91 Å². The Bertz CT molecular complexity index is 610. The van der Waals surface area contributed by atoms with Crippen LogP contribution >= 0.6 is 12.4 Å². The lowest BCUT2D eigenvalue weighted by Crippen LogP contribution is -2.52. The number of rotatable bonds is 8. The van der Waals surface area contributed by atoms with Crippen LogP contribution in [-0.4, -0.2) is 53.5 Å². The third-order valence-electron chi connectivity index (χ3n) is 5.32. The van der Waals surface area contributed by atoms with Gasteiger partial charge in [0.05, 0.1) is 26.2 Å². The number of hydrogen-bond acceptors (Lipinski definition) is 5. The van der Waals surface area contributed by atoms with Gasteiger partial charge >= 0.3 is 0 Å². The molecule has 1 aliphatic rings. The quantitative estimate of drug-likeness (QED) is 0.701. The van der Waals surface area contributed by atoms with Gasteiger partial charge < -0.3 is 24.8 Å². The molecular formula is C20H33ClN2O4. The molecule has 1 saturated heterocycles. The summed E-state index contributed by atoms with van der Waals surface area (Å²) in [6.45, 7) is 6.91. The van der Waals surface area contributed by atoms with E-state index in [1.807, 2.05) is 18.2 Å². The van der Waals surface area contributed by atoms with Crippen molar-refractivity contribution in [2.75, 3.05) is 47.6 Å². The molecule has 0 bridgehead atoms. The molecule has 0 spiro atoms. The first-order chi connectivity index (χ1) is 12.4. The highest BCUT2D eigenvalue weighted by atomic mass is 35.5. The predicted molar refractivity (Wildman–Crippen MR) is 109 cm³/mol. The highest BCUT2D eigenvalue weighted by molar-refractivity contribution is 5.85. The van der Waals surface area contributed by atoms with Gasteiger partial charge in [0.15, 0.2) is 11.5 Å². The van der Waals surface area contributed by atoms with Gasteiger partial charge in [-0.15, -0.1) is 12.4 Å². The van der Waals surface area contributed by atoms with E-state index in [0.717, 1.165) is 31.5 Å². The van der Waals surface area contributed by atoms with E-state index in [4.69, 9.17) is 14.2 Å². The molecule has 6 nitrogen and oxygen atoms in total. The van der Waals surface area contributed by atoms with E-state index in [2.05, 4.69) is 24.5 Å². The monoisotopic (exact) mass is 400 g/mol. The zero-order chi connectivity index (χ0) is 19.2. The number of piperidine rings is 1. The van der Waals surface area contributed by atoms with Crippen LogP contribution in [-0.2, 0) is 14.9 Å². The summed E-state index contributed by atoms with van der Waals surface area (Å²) in [5, 5.41) is 6.48. The van der Waals surface area contributed by atoms with Crippen LogP contribution in [0.1, 0.15) is 32.3 Å². The Balaban J connectivity index is 0.00000364. The molecule has 0 aliphatic carbocycles. The second-order valence-electron chi connectivity index (χ2n) is 7.60. The standard InChI is InChI=1S/C20H32N2O4.ClH/c1-19(2,15-6-7-16(25-4)17(12-15)26-5)13-22-18(23)20(14-24-3)8-10-21-11-9-20;/h6-7,12,21H,8-11,13-14H2,1-5H3,(H,22,23);1H. The first-order valence-corrected chi connectivity index (χ1v) is 9.09. The fraction of sp³-hybridized carbons (Fsp3) is 0.650. The van der Waals surface area contributed by atoms with E-state index >= 15 is 0 Å². The predicted octanol–water partition coefficient (Wildman–Crippen LogP) is 2.54. The summed E-state index contributed by atoms with van der Waals surface area (Å²) in [7, 11) is 4.91. The number of ether oxygens (including phenoxy) is 3. The van der Waals surface area contributed by atoms with Gasteiger partial charge in [-0.05, 0) is 43.6 Å². The topological polar surface area (TPSA) is 68.8 Å². The molecule has 2 N–H and O–H groups in total. The molecule has 0 saturated carbocycles. The van der Waals surface area contributed by atoms with Crippen LogP contribution in [0, 0.1) is 5.41 Å². The van der Waals surface area contributed by atoms with Crippen LogP contribution in [0.2, 0.25) is 0 Å². The van der Waals surface area contributed by atoms with Crippen molar-refractivity contribution in [1.29, 1.82) is 0 Å². The summed E-state index contributed by atoms with van der Waals surface area (Å²) in [6.07, 6.45) is 1.59. The van der Waals surface area contributed by atoms with Crippen LogP contribution < -0.4 is 20.1 Å². The van der Waals surface area contributed by atoms with E-state index in [0.29, 0.717) is 24.7 Å². The van der Waals surface area contributed by atoms with Gasteiger partial charge in [-0.2, -0.15) is 0 Å². The summed E-state index contributed by atoms with van der Waals surface area (Å²) in [5.74, 6) is 1.47. The molecule has 0 unspecified atom stereocenters. The maximum Gasteiger partial charge on any atom is 0.228 e. The smallest absolute Gasteiger partial charge is 0.228 e. The lowest BCUT2D eigenvalue weighted by atomic mass is 9.78. The number of carbonyl (C=O) groups is 1. The Kier molecular flexibility index (Phi) is 8.85. The van der Waals surface area contributed by atoms with Gasteiger partial charge in [0.1, 0.15) is 0 Å². The number of carbonyl (C=O) groups excluding carboxylic acids is 1. The van der Waals surface area contributed by atoms with Crippen molar-refractivity contribution in [2.45, 2.75) is 32.1 Å². The van der Waals surface area contributed by atoms with E-state index < -0.39 is 5.41 Å². The summed E-state index contributed by atoms with van der Waals surface area (Å²) < 4.78 is 16.1. The fourth-order valence-electron chi connectivity index (χ4n) is 3.47. The number of amides is 1. The molecule has 27 heavy (non-hydrogen) atoms. The molecule has 7 heteroatoms. The highest BCUT2D eigenvalue weighted by Gasteiger charge is 2.40. The Morgan fingerprint density at radius 2 is 1.78 bits per heavy atom. The van der Waals surface area contributed by atoms with Crippen LogP contribution in [0.15, 0.2) is 18.2 Å². The molecule has 1 heterocycles. The van der Waals surface area contributed by atoms with E-state index in [1.54, 1.807) is 21.3 Å². The van der Waals surface area contributed by atoms with Gasteiger partial charge in [-0.25, -0.2) is 0 Å². The van der Waals surface area contributed by atoms with E-state index in [-0.39, 0.29) is 23.7 Å². The largest absolute Gasteiger partial charge is 0.493 e. The minimum absolute atomic E-state index is 0. The molecule has 154 valence electrons. The summed E-state index contributed by atoms with van der Waals surface area (Å²) >= 11 is 0. The van der Waals surface area contributed by atoms with Crippen LogP contribution in [0.5, 0.6) is 11.5 Å². The van der Waals surface area contributed by atoms with Crippen molar-refractivity contribution in [2.24, 2.45) is 5.41 Å². The Morgan fingerprint density at radius 3 is 2.33 bits per heavy atom. The number of halogens is 1. The first-order valence-electron chi connectivity index (χ1n) is 9.09. The first kappa shape index (κ1) is 23.5. The second kappa shape index (κ2) is 10.2. The molecule has 1 amide bonds. The molecule has 0 aromatic heterocycles. The molecule has 0 atom stereocenters. The Labute approximate surface area is 168 Å². The number of benzene rings is 1.